The van der Waals surface area contributed by atoms with Crippen molar-refractivity contribution in [3.8, 4) is 0 Å². The Morgan fingerprint density at radius 3 is 2.76 bits per heavy atom. The number of rotatable bonds is 5. The van der Waals surface area contributed by atoms with Crippen LogP contribution in [-0.2, 0) is 0 Å². The summed E-state index contributed by atoms with van der Waals surface area (Å²) in [5, 5.41) is 4.24. The van der Waals surface area contributed by atoms with Gasteiger partial charge in [0.25, 0.3) is 0 Å². The van der Waals surface area contributed by atoms with Crippen molar-refractivity contribution in [3.63, 3.8) is 0 Å². The van der Waals surface area contributed by atoms with E-state index in [0.29, 0.717) is 5.56 Å². The molecule has 2 aromatic carbocycles. The first-order chi connectivity index (χ1) is 14.0. The molecule has 4 rings (SSSR count). The number of hydrogen-bond donors (Lipinski definition) is 2. The number of aromatic nitrogens is 1. The lowest BCUT2D eigenvalue weighted by atomic mass is 9.97. The van der Waals surface area contributed by atoms with Crippen molar-refractivity contribution < 1.29 is 4.79 Å². The monoisotopic (exact) mass is 423 g/mol. The van der Waals surface area contributed by atoms with Crippen LogP contribution in [-0.4, -0.2) is 36.3 Å². The van der Waals surface area contributed by atoms with Gasteiger partial charge in [0.05, 0.1) is 15.2 Å². The fraction of sp³-hybridized carbons (Fsp3) is 0.304. The third kappa shape index (κ3) is 4.39. The van der Waals surface area contributed by atoms with Crippen LogP contribution >= 0.6 is 24.0 Å². The first kappa shape index (κ1) is 20.1. The molecule has 0 bridgehead atoms. The van der Waals surface area contributed by atoms with E-state index in [4.69, 9.17) is 0 Å². The van der Waals surface area contributed by atoms with E-state index in [2.05, 4.69) is 65.1 Å². The van der Waals surface area contributed by atoms with Gasteiger partial charge < -0.3 is 10.2 Å². The minimum absolute atomic E-state index is 0.200. The minimum atomic E-state index is -0.200. The molecule has 1 N–H and O–H groups in total. The number of carbonyl (C=O) groups is 1. The Morgan fingerprint density at radius 2 is 2.03 bits per heavy atom. The molecule has 1 saturated heterocycles. The average Bonchev–Trinajstić information content (AvgIpc) is 3.11. The predicted octanol–water partition coefficient (Wildman–Crippen LogP) is 5.03. The molecule has 2 heterocycles. The van der Waals surface area contributed by atoms with Crippen LogP contribution < -0.4 is 10.2 Å². The number of anilines is 1. The second-order valence-electron chi connectivity index (χ2n) is 7.25. The van der Waals surface area contributed by atoms with Crippen LogP contribution in [0.1, 0.15) is 39.8 Å². The number of benzene rings is 2. The normalized spacial score (nSPS) is 15.1. The highest BCUT2D eigenvalue weighted by Crippen LogP contribution is 2.30. The summed E-state index contributed by atoms with van der Waals surface area (Å²) in [4.78, 5) is 19.2. The molecule has 0 spiro atoms. The maximum atomic E-state index is 12.3. The lowest BCUT2D eigenvalue weighted by Gasteiger charge is -2.29. The standard InChI is InChI=1S/C23H25N3OS2/c1-3-16(17-5-7-22-21(13-17)25-15(2)29-22)12-18-4-6-19(14-20(18)23(27)28)26-10-8-24-9-11-26/h4-7,12-14,24H,3,8-11H2,1-2H3,(H,27,28). The number of thiol groups is 1. The summed E-state index contributed by atoms with van der Waals surface area (Å²) in [5.74, 6) is 0. The number of nitrogens with one attached hydrogen (secondary N) is 1. The summed E-state index contributed by atoms with van der Waals surface area (Å²) >= 11 is 5.86. The fourth-order valence-electron chi connectivity index (χ4n) is 3.79. The van der Waals surface area contributed by atoms with Gasteiger partial charge in [-0.25, -0.2) is 4.98 Å². The molecule has 1 fully saturated rings. The molecule has 4 nitrogen and oxygen atoms in total. The van der Waals surface area contributed by atoms with E-state index >= 15 is 0 Å². The number of aryl methyl sites for hydroxylation is 1. The van der Waals surface area contributed by atoms with Crippen LogP contribution in [0, 0.1) is 6.92 Å². The van der Waals surface area contributed by atoms with E-state index in [0.717, 1.165) is 59.9 Å². The van der Waals surface area contributed by atoms with Gasteiger partial charge in [-0.2, -0.15) is 0 Å². The van der Waals surface area contributed by atoms with Crippen LogP contribution in [0.15, 0.2) is 36.4 Å². The molecule has 0 aliphatic carbocycles. The van der Waals surface area contributed by atoms with E-state index in [1.165, 1.54) is 10.3 Å². The highest BCUT2D eigenvalue weighted by Gasteiger charge is 2.15. The van der Waals surface area contributed by atoms with Crippen molar-refractivity contribution in [3.05, 3.63) is 58.1 Å². The first-order valence-corrected chi connectivity index (χ1v) is 11.2. The molecule has 0 radical (unpaired) electrons. The second kappa shape index (κ2) is 8.69. The zero-order valence-corrected chi connectivity index (χ0v) is 18.4. The summed E-state index contributed by atoms with van der Waals surface area (Å²) in [6.07, 6.45) is 2.99. The average molecular weight is 424 g/mol. The maximum Gasteiger partial charge on any atom is 0.217 e. The van der Waals surface area contributed by atoms with Crippen molar-refractivity contribution >= 4 is 56.6 Å². The number of hydrogen-bond acceptors (Lipinski definition) is 5. The van der Waals surface area contributed by atoms with E-state index in [-0.39, 0.29) is 5.12 Å². The van der Waals surface area contributed by atoms with Gasteiger partial charge in [-0.3, -0.25) is 4.79 Å². The zero-order chi connectivity index (χ0) is 20.4. The van der Waals surface area contributed by atoms with Gasteiger partial charge in [0.1, 0.15) is 0 Å². The second-order valence-corrected chi connectivity index (χ2v) is 8.89. The number of fused-ring (bicyclic) bond motifs is 1. The molecule has 0 atom stereocenters. The Morgan fingerprint density at radius 1 is 1.24 bits per heavy atom. The molecule has 1 aliphatic heterocycles. The van der Waals surface area contributed by atoms with Crippen LogP contribution in [0.25, 0.3) is 21.9 Å². The molecule has 150 valence electrons. The quantitative estimate of drug-likeness (QED) is 0.446. The minimum Gasteiger partial charge on any atom is -0.369 e. The Labute approximate surface area is 181 Å². The van der Waals surface area contributed by atoms with Crippen molar-refractivity contribution in [1.82, 2.24) is 10.3 Å². The summed E-state index contributed by atoms with van der Waals surface area (Å²) in [5.41, 5.74) is 6.01. The first-order valence-electron chi connectivity index (χ1n) is 9.96. The van der Waals surface area contributed by atoms with Crippen LogP contribution in [0.3, 0.4) is 0 Å². The highest BCUT2D eigenvalue weighted by atomic mass is 32.1. The van der Waals surface area contributed by atoms with Crippen molar-refractivity contribution in [2.45, 2.75) is 20.3 Å². The molecule has 29 heavy (non-hydrogen) atoms. The van der Waals surface area contributed by atoms with Gasteiger partial charge in [-0.15, -0.1) is 24.0 Å². The number of carbonyl (C=O) groups excluding carboxylic acids is 1. The van der Waals surface area contributed by atoms with Gasteiger partial charge in [0.2, 0.25) is 5.12 Å². The summed E-state index contributed by atoms with van der Waals surface area (Å²) in [6.45, 7) is 7.99. The van der Waals surface area contributed by atoms with E-state index in [1.807, 2.05) is 19.1 Å². The molecule has 0 unspecified atom stereocenters. The lowest BCUT2D eigenvalue weighted by molar-refractivity contribution is 0.109. The topological polar surface area (TPSA) is 45.2 Å². The van der Waals surface area contributed by atoms with E-state index in [1.54, 1.807) is 11.3 Å². The van der Waals surface area contributed by atoms with Crippen LogP contribution in [0.5, 0.6) is 0 Å². The molecule has 1 aromatic heterocycles. The molecule has 0 saturated carbocycles. The Balaban J connectivity index is 1.72. The predicted molar refractivity (Wildman–Crippen MR) is 127 cm³/mol. The van der Waals surface area contributed by atoms with Gasteiger partial charge in [0, 0.05) is 37.4 Å². The molecular weight excluding hydrogens is 398 g/mol. The maximum absolute atomic E-state index is 12.3. The summed E-state index contributed by atoms with van der Waals surface area (Å²) in [7, 11) is 0. The Hall–Kier alpha value is -2.15. The van der Waals surface area contributed by atoms with Crippen LogP contribution in [0.2, 0.25) is 0 Å². The molecular formula is C23H25N3OS2. The summed E-state index contributed by atoms with van der Waals surface area (Å²) < 4.78 is 1.20. The third-order valence-electron chi connectivity index (χ3n) is 5.33. The van der Waals surface area contributed by atoms with Crippen molar-refractivity contribution in [2.24, 2.45) is 0 Å². The highest BCUT2D eigenvalue weighted by molar-refractivity contribution is 7.97. The smallest absolute Gasteiger partial charge is 0.217 e. The van der Waals surface area contributed by atoms with Crippen molar-refractivity contribution in [1.29, 1.82) is 0 Å². The van der Waals surface area contributed by atoms with Crippen LogP contribution in [0.4, 0.5) is 5.69 Å². The van der Waals surface area contributed by atoms with E-state index < -0.39 is 0 Å². The van der Waals surface area contributed by atoms with Crippen molar-refractivity contribution in [2.75, 3.05) is 31.1 Å². The Bertz CT molecular complexity index is 1080. The lowest BCUT2D eigenvalue weighted by Crippen LogP contribution is -2.43. The number of nitrogens with zero attached hydrogens (tertiary/aromatic N) is 2. The largest absolute Gasteiger partial charge is 0.369 e. The van der Waals surface area contributed by atoms with Gasteiger partial charge in [0.15, 0.2) is 0 Å². The Kier molecular flexibility index (Phi) is 6.04. The third-order valence-corrected chi connectivity index (χ3v) is 6.52. The number of allylic oxidation sites excluding steroid dienone is 1. The molecule has 0 amide bonds. The van der Waals surface area contributed by atoms with Gasteiger partial charge >= 0.3 is 0 Å². The number of thiazole rings is 1. The summed E-state index contributed by atoms with van der Waals surface area (Å²) in [6, 6.07) is 12.6. The van der Waals surface area contributed by atoms with Gasteiger partial charge in [-0.05, 0) is 54.3 Å². The number of piperazine rings is 1. The SMILES string of the molecule is CCC(=Cc1ccc(N2CCNCC2)cc1C(=O)S)c1ccc2sc(C)nc2c1. The van der Waals surface area contributed by atoms with Gasteiger partial charge in [-0.1, -0.05) is 25.1 Å². The zero-order valence-electron chi connectivity index (χ0n) is 16.7. The fourth-order valence-corrected chi connectivity index (χ4v) is 4.80. The van der Waals surface area contributed by atoms with E-state index in [9.17, 15) is 4.79 Å². The molecule has 3 aromatic rings. The molecule has 6 heteroatoms. The molecule has 1 aliphatic rings.